The molecule has 0 atom stereocenters. The summed E-state index contributed by atoms with van der Waals surface area (Å²) in [6, 6.07) is 0. The molecule has 3 rings (SSSR count). The lowest BCUT2D eigenvalue weighted by molar-refractivity contribution is 0.0702. The monoisotopic (exact) mass is 259 g/mol. The highest BCUT2D eigenvalue weighted by atomic mass is 16.2. The smallest absolute Gasteiger partial charge is 0.272 e. The summed E-state index contributed by atoms with van der Waals surface area (Å²) in [5.74, 6) is 0.557. The van der Waals surface area contributed by atoms with E-state index in [1.807, 2.05) is 18.1 Å². The van der Waals surface area contributed by atoms with Crippen molar-refractivity contribution in [1.29, 1.82) is 0 Å². The number of amides is 1. The van der Waals surface area contributed by atoms with Crippen molar-refractivity contribution in [2.24, 2.45) is 7.05 Å². The summed E-state index contributed by atoms with van der Waals surface area (Å²) in [7, 11) is 1.84. The predicted molar refractivity (Wildman–Crippen MR) is 69.7 cm³/mol. The highest BCUT2D eigenvalue weighted by molar-refractivity contribution is 5.92. The first-order valence-corrected chi connectivity index (χ1v) is 6.49. The molecule has 100 valence electrons. The first-order valence-electron chi connectivity index (χ1n) is 6.49. The van der Waals surface area contributed by atoms with Crippen molar-refractivity contribution >= 4 is 5.91 Å². The van der Waals surface area contributed by atoms with Gasteiger partial charge < -0.3 is 14.5 Å². The van der Waals surface area contributed by atoms with Gasteiger partial charge in [-0.1, -0.05) is 0 Å². The molecule has 0 saturated carbocycles. The molecule has 3 heterocycles. The van der Waals surface area contributed by atoms with Gasteiger partial charge >= 0.3 is 0 Å². The third kappa shape index (κ3) is 2.25. The zero-order valence-corrected chi connectivity index (χ0v) is 10.9. The fourth-order valence-electron chi connectivity index (χ4n) is 2.61. The standard InChI is InChI=1S/C13H17N5O/c1-17-9-15-7-12(17)13(19)18-4-2-10(3-5-18)11-6-14-8-16-11/h6-10H,2-5H2,1H3,(H,14,16). The van der Waals surface area contributed by atoms with Crippen LogP contribution in [0.25, 0.3) is 0 Å². The number of carbonyl (C=O) groups is 1. The van der Waals surface area contributed by atoms with Gasteiger partial charge in [0.05, 0.1) is 18.9 Å². The van der Waals surface area contributed by atoms with Crippen molar-refractivity contribution in [3.8, 4) is 0 Å². The maximum atomic E-state index is 12.3. The van der Waals surface area contributed by atoms with Gasteiger partial charge in [-0.3, -0.25) is 4.79 Å². The van der Waals surface area contributed by atoms with Gasteiger partial charge in [0.15, 0.2) is 0 Å². The zero-order valence-electron chi connectivity index (χ0n) is 10.9. The highest BCUT2D eigenvalue weighted by Gasteiger charge is 2.26. The predicted octanol–water partition coefficient (Wildman–Crippen LogP) is 1.16. The Morgan fingerprint density at radius 1 is 1.32 bits per heavy atom. The van der Waals surface area contributed by atoms with E-state index in [1.54, 1.807) is 23.4 Å². The van der Waals surface area contributed by atoms with Crippen LogP contribution < -0.4 is 0 Å². The molecule has 1 fully saturated rings. The zero-order chi connectivity index (χ0) is 13.2. The molecule has 1 N–H and O–H groups in total. The van der Waals surface area contributed by atoms with Crippen molar-refractivity contribution in [3.05, 3.63) is 36.4 Å². The lowest BCUT2D eigenvalue weighted by Crippen LogP contribution is -2.38. The van der Waals surface area contributed by atoms with Crippen LogP contribution in [0.15, 0.2) is 25.0 Å². The van der Waals surface area contributed by atoms with Crippen molar-refractivity contribution in [1.82, 2.24) is 24.4 Å². The number of hydrogen-bond acceptors (Lipinski definition) is 3. The third-order valence-corrected chi connectivity index (χ3v) is 3.78. The number of aromatic amines is 1. The molecular formula is C13H17N5O. The molecule has 1 aliphatic heterocycles. The number of nitrogens with one attached hydrogen (secondary N) is 1. The summed E-state index contributed by atoms with van der Waals surface area (Å²) in [4.78, 5) is 25.4. The van der Waals surface area contributed by atoms with E-state index >= 15 is 0 Å². The number of rotatable bonds is 2. The Kier molecular flexibility index (Phi) is 3.06. The van der Waals surface area contributed by atoms with Gasteiger partial charge in [-0.05, 0) is 12.8 Å². The van der Waals surface area contributed by atoms with Crippen LogP contribution in [-0.2, 0) is 7.05 Å². The third-order valence-electron chi connectivity index (χ3n) is 3.78. The number of carbonyl (C=O) groups excluding carboxylic acids is 1. The van der Waals surface area contributed by atoms with Gasteiger partial charge in [0.25, 0.3) is 5.91 Å². The molecule has 6 nitrogen and oxygen atoms in total. The van der Waals surface area contributed by atoms with E-state index in [4.69, 9.17) is 0 Å². The second kappa shape index (κ2) is 4.87. The average molecular weight is 259 g/mol. The van der Waals surface area contributed by atoms with Crippen LogP contribution in [0.5, 0.6) is 0 Å². The highest BCUT2D eigenvalue weighted by Crippen LogP contribution is 2.26. The number of imidazole rings is 2. The summed E-state index contributed by atoms with van der Waals surface area (Å²) in [6.45, 7) is 1.57. The van der Waals surface area contributed by atoms with Crippen LogP contribution in [0.3, 0.4) is 0 Å². The summed E-state index contributed by atoms with van der Waals surface area (Å²) < 4.78 is 1.77. The van der Waals surface area contributed by atoms with Gasteiger partial charge in [-0.25, -0.2) is 9.97 Å². The Morgan fingerprint density at radius 3 is 2.68 bits per heavy atom. The lowest BCUT2D eigenvalue weighted by atomic mass is 9.94. The molecule has 1 saturated heterocycles. The fourth-order valence-corrected chi connectivity index (χ4v) is 2.61. The van der Waals surface area contributed by atoms with Gasteiger partial charge in [-0.15, -0.1) is 0 Å². The van der Waals surface area contributed by atoms with Crippen molar-refractivity contribution in [3.63, 3.8) is 0 Å². The molecule has 0 unspecified atom stereocenters. The first kappa shape index (κ1) is 12.0. The van der Waals surface area contributed by atoms with Gasteiger partial charge in [0, 0.05) is 37.9 Å². The van der Waals surface area contributed by atoms with Gasteiger partial charge in [0.2, 0.25) is 0 Å². The Hall–Kier alpha value is -2.11. The molecule has 0 bridgehead atoms. The molecule has 19 heavy (non-hydrogen) atoms. The average Bonchev–Trinajstić information content (AvgIpc) is 3.09. The van der Waals surface area contributed by atoms with E-state index in [0.29, 0.717) is 11.6 Å². The Bertz CT molecular complexity index is 551. The van der Waals surface area contributed by atoms with E-state index in [1.165, 1.54) is 5.69 Å². The number of piperidine rings is 1. The molecule has 0 radical (unpaired) electrons. The number of aromatic nitrogens is 4. The Balaban J connectivity index is 1.64. The quantitative estimate of drug-likeness (QED) is 0.880. The van der Waals surface area contributed by atoms with E-state index in [0.717, 1.165) is 25.9 Å². The summed E-state index contributed by atoms with van der Waals surface area (Å²) >= 11 is 0. The molecule has 0 aliphatic carbocycles. The van der Waals surface area contributed by atoms with Crippen LogP contribution in [0, 0.1) is 0 Å². The van der Waals surface area contributed by atoms with Crippen molar-refractivity contribution < 1.29 is 4.79 Å². The maximum Gasteiger partial charge on any atom is 0.272 e. The van der Waals surface area contributed by atoms with Crippen LogP contribution in [0.4, 0.5) is 0 Å². The molecule has 0 aromatic carbocycles. The number of H-pyrrole nitrogens is 1. The van der Waals surface area contributed by atoms with E-state index in [2.05, 4.69) is 15.0 Å². The van der Waals surface area contributed by atoms with Gasteiger partial charge in [-0.2, -0.15) is 0 Å². The van der Waals surface area contributed by atoms with Crippen molar-refractivity contribution in [2.75, 3.05) is 13.1 Å². The molecule has 2 aromatic rings. The van der Waals surface area contributed by atoms with Crippen LogP contribution in [-0.4, -0.2) is 43.4 Å². The van der Waals surface area contributed by atoms with Gasteiger partial charge in [0.1, 0.15) is 5.69 Å². The normalized spacial score (nSPS) is 16.8. The topological polar surface area (TPSA) is 66.8 Å². The number of likely N-dealkylation sites (tertiary alicyclic amines) is 1. The van der Waals surface area contributed by atoms with E-state index in [9.17, 15) is 4.79 Å². The number of nitrogens with zero attached hydrogens (tertiary/aromatic N) is 4. The SMILES string of the molecule is Cn1cncc1C(=O)N1CCC(c2cnc[nH]2)CC1. The van der Waals surface area contributed by atoms with Crippen LogP contribution in [0.2, 0.25) is 0 Å². The molecule has 1 aliphatic rings. The van der Waals surface area contributed by atoms with Crippen LogP contribution in [0.1, 0.15) is 34.9 Å². The minimum atomic E-state index is 0.0723. The summed E-state index contributed by atoms with van der Waals surface area (Å²) in [5.41, 5.74) is 1.83. The minimum absolute atomic E-state index is 0.0723. The number of hydrogen-bond donors (Lipinski definition) is 1. The fraction of sp³-hybridized carbons (Fsp3) is 0.462. The Labute approximate surface area is 111 Å². The second-order valence-electron chi connectivity index (χ2n) is 4.96. The molecular weight excluding hydrogens is 242 g/mol. The lowest BCUT2D eigenvalue weighted by Gasteiger charge is -2.31. The maximum absolute atomic E-state index is 12.3. The Morgan fingerprint density at radius 2 is 2.11 bits per heavy atom. The number of aryl methyl sites for hydroxylation is 1. The molecule has 2 aromatic heterocycles. The second-order valence-corrected chi connectivity index (χ2v) is 4.96. The first-order chi connectivity index (χ1) is 9.25. The van der Waals surface area contributed by atoms with Crippen molar-refractivity contribution in [2.45, 2.75) is 18.8 Å². The molecule has 1 amide bonds. The van der Waals surface area contributed by atoms with E-state index < -0.39 is 0 Å². The largest absolute Gasteiger partial charge is 0.348 e. The molecule has 0 spiro atoms. The van der Waals surface area contributed by atoms with E-state index in [-0.39, 0.29) is 5.91 Å². The minimum Gasteiger partial charge on any atom is -0.348 e. The van der Waals surface area contributed by atoms with Crippen LogP contribution >= 0.6 is 0 Å². The summed E-state index contributed by atoms with van der Waals surface area (Å²) in [5, 5.41) is 0. The summed E-state index contributed by atoms with van der Waals surface area (Å²) in [6.07, 6.45) is 8.83. The molecule has 6 heteroatoms.